The van der Waals surface area contributed by atoms with Gasteiger partial charge in [0.25, 0.3) is 0 Å². The SMILES string of the molecule is CCN(C1CCCC1)S(=O)(=O)c1cc(Cl)cc(CCl)c1F. The van der Waals surface area contributed by atoms with E-state index in [0.717, 1.165) is 25.7 Å². The molecule has 7 heteroatoms. The molecule has 0 radical (unpaired) electrons. The van der Waals surface area contributed by atoms with Gasteiger partial charge in [-0.25, -0.2) is 12.8 Å². The molecule has 1 saturated carbocycles. The Balaban J connectivity index is 2.49. The molecule has 0 saturated heterocycles. The maximum atomic E-state index is 14.4. The van der Waals surface area contributed by atoms with Gasteiger partial charge in [-0.1, -0.05) is 31.4 Å². The number of nitrogens with zero attached hydrogens (tertiary/aromatic N) is 1. The van der Waals surface area contributed by atoms with Crippen LogP contribution in [0.4, 0.5) is 4.39 Å². The van der Waals surface area contributed by atoms with Gasteiger partial charge in [-0.15, -0.1) is 11.6 Å². The van der Waals surface area contributed by atoms with Crippen LogP contribution < -0.4 is 0 Å². The normalized spacial score (nSPS) is 16.8. The topological polar surface area (TPSA) is 37.4 Å². The Hall–Kier alpha value is -0.360. The van der Waals surface area contributed by atoms with Crippen molar-refractivity contribution < 1.29 is 12.8 Å². The molecule has 118 valence electrons. The molecule has 1 aromatic rings. The van der Waals surface area contributed by atoms with Gasteiger partial charge in [0.15, 0.2) is 0 Å². The predicted molar refractivity (Wildman–Crippen MR) is 82.8 cm³/mol. The molecule has 0 bridgehead atoms. The van der Waals surface area contributed by atoms with E-state index < -0.39 is 15.8 Å². The van der Waals surface area contributed by atoms with Crippen molar-refractivity contribution in [2.45, 2.75) is 49.4 Å². The second kappa shape index (κ2) is 6.82. The van der Waals surface area contributed by atoms with Crippen molar-refractivity contribution in [2.75, 3.05) is 6.54 Å². The minimum atomic E-state index is -3.91. The Morgan fingerprint density at radius 2 is 1.95 bits per heavy atom. The zero-order valence-corrected chi connectivity index (χ0v) is 14.1. The van der Waals surface area contributed by atoms with Gasteiger partial charge in [-0.2, -0.15) is 4.31 Å². The van der Waals surface area contributed by atoms with E-state index in [1.807, 2.05) is 0 Å². The molecule has 0 aromatic heterocycles. The van der Waals surface area contributed by atoms with E-state index in [9.17, 15) is 12.8 Å². The number of sulfonamides is 1. The zero-order chi connectivity index (χ0) is 15.6. The van der Waals surface area contributed by atoms with Gasteiger partial charge in [0.2, 0.25) is 10.0 Å². The number of hydrogen-bond acceptors (Lipinski definition) is 2. The molecule has 1 aromatic carbocycles. The predicted octanol–water partition coefficient (Wildman–Crippen LogP) is 4.17. The summed E-state index contributed by atoms with van der Waals surface area (Å²) in [5.41, 5.74) is 0.102. The highest BCUT2D eigenvalue weighted by atomic mass is 35.5. The molecule has 0 N–H and O–H groups in total. The maximum Gasteiger partial charge on any atom is 0.246 e. The molecule has 2 rings (SSSR count). The fourth-order valence-corrected chi connectivity index (χ4v) is 5.18. The van der Waals surface area contributed by atoms with Crippen molar-refractivity contribution in [2.24, 2.45) is 0 Å². The van der Waals surface area contributed by atoms with Crippen LogP contribution >= 0.6 is 23.2 Å². The summed E-state index contributed by atoms with van der Waals surface area (Å²) in [7, 11) is -3.91. The number of alkyl halides is 1. The van der Waals surface area contributed by atoms with Crippen LogP contribution in [-0.2, 0) is 15.9 Å². The third kappa shape index (κ3) is 3.36. The minimum absolute atomic E-state index is 0.0576. The zero-order valence-electron chi connectivity index (χ0n) is 11.8. The van der Waals surface area contributed by atoms with E-state index in [1.54, 1.807) is 6.92 Å². The summed E-state index contributed by atoms with van der Waals surface area (Å²) >= 11 is 11.6. The first-order chi connectivity index (χ1) is 9.91. The Morgan fingerprint density at radius 1 is 1.33 bits per heavy atom. The van der Waals surface area contributed by atoms with Crippen molar-refractivity contribution in [1.82, 2.24) is 4.31 Å². The monoisotopic (exact) mass is 353 g/mol. The van der Waals surface area contributed by atoms with E-state index in [1.165, 1.54) is 16.4 Å². The summed E-state index contributed by atoms with van der Waals surface area (Å²) < 4.78 is 41.3. The summed E-state index contributed by atoms with van der Waals surface area (Å²) in [5, 5.41) is 0.174. The lowest BCUT2D eigenvalue weighted by Crippen LogP contribution is -2.39. The highest BCUT2D eigenvalue weighted by molar-refractivity contribution is 7.89. The lowest BCUT2D eigenvalue weighted by molar-refractivity contribution is 0.333. The fourth-order valence-electron chi connectivity index (χ4n) is 2.85. The van der Waals surface area contributed by atoms with Crippen molar-refractivity contribution in [3.8, 4) is 0 Å². The minimum Gasteiger partial charge on any atom is -0.207 e. The van der Waals surface area contributed by atoms with Gasteiger partial charge in [-0.05, 0) is 25.0 Å². The van der Waals surface area contributed by atoms with Gasteiger partial charge in [0.1, 0.15) is 10.7 Å². The van der Waals surface area contributed by atoms with Gasteiger partial charge in [-0.3, -0.25) is 0 Å². The molecule has 1 fully saturated rings. The molecular weight excluding hydrogens is 336 g/mol. The van der Waals surface area contributed by atoms with E-state index in [2.05, 4.69) is 0 Å². The number of rotatable bonds is 5. The average molecular weight is 354 g/mol. The molecule has 0 amide bonds. The van der Waals surface area contributed by atoms with Gasteiger partial charge in [0.05, 0.1) is 5.88 Å². The molecule has 0 atom stereocenters. The molecule has 0 unspecified atom stereocenters. The molecular formula is C14H18Cl2FNO2S. The maximum absolute atomic E-state index is 14.4. The third-order valence-corrected chi connectivity index (χ3v) is 6.39. The Morgan fingerprint density at radius 3 is 2.48 bits per heavy atom. The number of hydrogen-bond donors (Lipinski definition) is 0. The van der Waals surface area contributed by atoms with E-state index >= 15 is 0 Å². The molecule has 0 spiro atoms. The third-order valence-electron chi connectivity index (χ3n) is 3.85. The lowest BCUT2D eigenvalue weighted by Gasteiger charge is -2.27. The van der Waals surface area contributed by atoms with Crippen LogP contribution in [0.15, 0.2) is 17.0 Å². The molecule has 21 heavy (non-hydrogen) atoms. The summed E-state index contributed by atoms with van der Waals surface area (Å²) in [6, 6.07) is 2.46. The van der Waals surface area contributed by atoms with Crippen LogP contribution in [0.2, 0.25) is 5.02 Å². The van der Waals surface area contributed by atoms with Crippen molar-refractivity contribution in [3.05, 3.63) is 28.5 Å². The quantitative estimate of drug-likeness (QED) is 0.745. The van der Waals surface area contributed by atoms with Gasteiger partial charge >= 0.3 is 0 Å². The van der Waals surface area contributed by atoms with E-state index in [-0.39, 0.29) is 27.4 Å². The largest absolute Gasteiger partial charge is 0.246 e. The van der Waals surface area contributed by atoms with E-state index in [0.29, 0.717) is 6.54 Å². The summed E-state index contributed by atoms with van der Waals surface area (Å²) in [6.45, 7) is 2.08. The highest BCUT2D eigenvalue weighted by Gasteiger charge is 2.34. The van der Waals surface area contributed by atoms with Gasteiger partial charge in [0, 0.05) is 23.2 Å². The van der Waals surface area contributed by atoms with Crippen LogP contribution in [0.5, 0.6) is 0 Å². The first-order valence-electron chi connectivity index (χ1n) is 6.97. The molecule has 0 aliphatic heterocycles. The second-order valence-electron chi connectivity index (χ2n) is 5.16. The summed E-state index contributed by atoms with van der Waals surface area (Å²) in [5.74, 6) is -0.921. The molecule has 1 aliphatic carbocycles. The van der Waals surface area contributed by atoms with Crippen molar-refractivity contribution in [1.29, 1.82) is 0 Å². The van der Waals surface area contributed by atoms with Gasteiger partial charge < -0.3 is 0 Å². The summed E-state index contributed by atoms with van der Waals surface area (Å²) in [4.78, 5) is -0.376. The fraction of sp³-hybridized carbons (Fsp3) is 0.571. The van der Waals surface area contributed by atoms with Crippen molar-refractivity contribution >= 4 is 33.2 Å². The summed E-state index contributed by atoms with van der Waals surface area (Å²) in [6.07, 6.45) is 3.64. The Labute approximate surface area is 135 Å². The molecule has 0 heterocycles. The molecule has 3 nitrogen and oxygen atoms in total. The Bertz CT molecular complexity index is 616. The van der Waals surface area contributed by atoms with Crippen LogP contribution in [0.3, 0.4) is 0 Å². The standard InChI is InChI=1S/C14H18Cl2FNO2S/c1-2-18(12-5-3-4-6-12)21(19,20)13-8-11(16)7-10(9-15)14(13)17/h7-8,12H,2-6,9H2,1H3. The van der Waals surface area contributed by atoms with Crippen LogP contribution in [-0.4, -0.2) is 25.3 Å². The smallest absolute Gasteiger partial charge is 0.207 e. The van der Waals surface area contributed by atoms with Crippen LogP contribution in [0.25, 0.3) is 0 Å². The number of halogens is 3. The first-order valence-corrected chi connectivity index (χ1v) is 9.32. The Kier molecular flexibility index (Phi) is 5.52. The van der Waals surface area contributed by atoms with Crippen molar-refractivity contribution in [3.63, 3.8) is 0 Å². The highest BCUT2D eigenvalue weighted by Crippen LogP contribution is 2.32. The second-order valence-corrected chi connectivity index (χ2v) is 7.72. The lowest BCUT2D eigenvalue weighted by atomic mass is 10.2. The first kappa shape index (κ1) is 17.0. The molecule has 1 aliphatic rings. The van der Waals surface area contributed by atoms with Crippen LogP contribution in [0.1, 0.15) is 38.2 Å². The van der Waals surface area contributed by atoms with E-state index in [4.69, 9.17) is 23.2 Å². The van der Waals surface area contributed by atoms with Crippen LogP contribution in [0, 0.1) is 5.82 Å². The number of benzene rings is 1. The average Bonchev–Trinajstić information content (AvgIpc) is 2.95.